The van der Waals surface area contributed by atoms with Crippen LogP contribution in [0.3, 0.4) is 0 Å². The van der Waals surface area contributed by atoms with E-state index in [2.05, 4.69) is 4.74 Å². The maximum Gasteiger partial charge on any atom is 0.302 e. The Morgan fingerprint density at radius 3 is 1.44 bits per heavy atom. The van der Waals surface area contributed by atoms with Crippen molar-refractivity contribution in [2.75, 3.05) is 11.9 Å². The first-order chi connectivity index (χ1) is 7.31. The number of alkyl halides is 2. The third-order valence-corrected chi connectivity index (χ3v) is 0.892. The van der Waals surface area contributed by atoms with E-state index in [9.17, 15) is 4.79 Å². The molecule has 0 spiro atoms. The minimum absolute atomic E-state index is 0.194. The number of hydrogen-bond donors (Lipinski definition) is 0. The molecule has 0 aromatic heterocycles. The van der Waals surface area contributed by atoms with E-state index in [1.807, 2.05) is 27.7 Å². The van der Waals surface area contributed by atoms with Gasteiger partial charge in [0.1, 0.15) is 0 Å². The lowest BCUT2D eigenvalue weighted by Crippen LogP contribution is -2.09. The van der Waals surface area contributed by atoms with Crippen LogP contribution >= 0.6 is 23.2 Å². The Bertz CT molecular complexity index is 133. The predicted molar refractivity (Wildman–Crippen MR) is 70.2 cm³/mol. The largest absolute Gasteiger partial charge is 0.466 e. The van der Waals surface area contributed by atoms with E-state index in [0.717, 1.165) is 0 Å². The molecule has 0 unspecified atom stereocenters. The van der Waals surface area contributed by atoms with Gasteiger partial charge in [0, 0.05) is 6.92 Å². The molecule has 0 aliphatic heterocycles. The number of carbonyl (C=O) groups excluding carboxylic acids is 1. The van der Waals surface area contributed by atoms with E-state index < -0.39 is 0 Å². The van der Waals surface area contributed by atoms with Crippen LogP contribution in [0.15, 0.2) is 0 Å². The molecule has 5 heteroatoms. The highest BCUT2D eigenvalue weighted by atomic mass is 35.5. The van der Waals surface area contributed by atoms with Crippen molar-refractivity contribution in [3.63, 3.8) is 0 Å². The van der Waals surface area contributed by atoms with Gasteiger partial charge in [0.25, 0.3) is 0 Å². The van der Waals surface area contributed by atoms with Gasteiger partial charge in [-0.3, -0.25) is 4.79 Å². The van der Waals surface area contributed by atoms with Crippen LogP contribution in [-0.4, -0.2) is 30.1 Å². The summed E-state index contributed by atoms with van der Waals surface area (Å²) in [6.07, 6.45) is 0.750. The first-order valence-electron chi connectivity index (χ1n) is 5.22. The molecule has 0 heterocycles. The molecular weight excluding hydrogens is 251 g/mol. The Kier molecular flexibility index (Phi) is 23.2. The zero-order valence-electron chi connectivity index (χ0n) is 11.0. The average molecular weight is 275 g/mol. The van der Waals surface area contributed by atoms with Crippen LogP contribution in [0.5, 0.6) is 0 Å². The van der Waals surface area contributed by atoms with Crippen LogP contribution in [-0.2, 0) is 14.3 Å². The van der Waals surface area contributed by atoms with Crippen molar-refractivity contribution in [1.82, 2.24) is 0 Å². The van der Waals surface area contributed by atoms with E-state index in [-0.39, 0.29) is 11.3 Å². The smallest absolute Gasteiger partial charge is 0.302 e. The van der Waals surface area contributed by atoms with Crippen molar-refractivity contribution in [2.24, 2.45) is 0 Å². The fourth-order valence-corrected chi connectivity index (χ4v) is 0.748. The van der Waals surface area contributed by atoms with Gasteiger partial charge in [-0.1, -0.05) is 0 Å². The Morgan fingerprint density at radius 2 is 1.44 bits per heavy atom. The maximum atomic E-state index is 9.82. The van der Waals surface area contributed by atoms with E-state index in [0.29, 0.717) is 18.8 Å². The Morgan fingerprint density at radius 1 is 1.12 bits per heavy atom. The molecule has 0 aromatic carbocycles. The second-order valence-corrected chi connectivity index (χ2v) is 4.07. The van der Waals surface area contributed by atoms with Crippen LogP contribution in [0.4, 0.5) is 0 Å². The second-order valence-electron chi connectivity index (χ2n) is 3.26. The summed E-state index contributed by atoms with van der Waals surface area (Å²) in [7, 11) is 0. The van der Waals surface area contributed by atoms with Gasteiger partial charge < -0.3 is 9.47 Å². The van der Waals surface area contributed by atoms with Crippen LogP contribution in [0.2, 0.25) is 0 Å². The standard InChI is InChI=1S/C6H14O.C4H8O2.CH2Cl2/c1-5(2)7-6(3)4;1-3-6-4(2)5;2-1-3/h5-6H,1-4H3;3H2,1-2H3;1H2. The second kappa shape index (κ2) is 17.4. The van der Waals surface area contributed by atoms with Crippen molar-refractivity contribution in [1.29, 1.82) is 0 Å². The normalized spacial score (nSPS) is 8.88. The van der Waals surface area contributed by atoms with Gasteiger partial charge in [-0.15, -0.1) is 23.2 Å². The Labute approximate surface area is 109 Å². The molecule has 0 N–H and O–H groups in total. The van der Waals surface area contributed by atoms with Gasteiger partial charge in [-0.05, 0) is 34.6 Å². The molecule has 0 amide bonds. The van der Waals surface area contributed by atoms with E-state index in [1.54, 1.807) is 6.92 Å². The van der Waals surface area contributed by atoms with Crippen molar-refractivity contribution in [3.05, 3.63) is 0 Å². The molecular formula is C11H24Cl2O3. The number of halogens is 2. The topological polar surface area (TPSA) is 35.5 Å². The fraction of sp³-hybridized carbons (Fsp3) is 0.909. The van der Waals surface area contributed by atoms with Crippen LogP contribution < -0.4 is 0 Å². The molecule has 100 valence electrons. The average Bonchev–Trinajstić information content (AvgIpc) is 2.02. The SMILES string of the molecule is CC(C)OC(C)C.CCOC(C)=O.ClCCl. The molecule has 3 nitrogen and oxygen atoms in total. The first kappa shape index (κ1) is 21.3. The number of ether oxygens (including phenoxy) is 2. The lowest BCUT2D eigenvalue weighted by Gasteiger charge is -2.09. The molecule has 0 bridgehead atoms. The monoisotopic (exact) mass is 274 g/mol. The summed E-state index contributed by atoms with van der Waals surface area (Å²) in [6, 6.07) is 0. The number of carbonyl (C=O) groups is 1. The molecule has 0 atom stereocenters. The predicted octanol–water partition coefficient (Wildman–Crippen LogP) is 3.81. The molecule has 0 saturated heterocycles. The summed E-state index contributed by atoms with van der Waals surface area (Å²) in [4.78, 5) is 9.82. The summed E-state index contributed by atoms with van der Waals surface area (Å²) in [5.74, 6) is -0.211. The molecule has 0 aliphatic carbocycles. The highest BCUT2D eigenvalue weighted by molar-refractivity contribution is 6.40. The third-order valence-electron chi connectivity index (χ3n) is 0.892. The van der Waals surface area contributed by atoms with Gasteiger partial charge in [-0.25, -0.2) is 0 Å². The highest BCUT2D eigenvalue weighted by Gasteiger charge is 1.94. The summed E-state index contributed by atoms with van der Waals surface area (Å²) in [5.41, 5.74) is 0. The Hall–Kier alpha value is 0.01000. The number of hydrogen-bond acceptors (Lipinski definition) is 3. The van der Waals surface area contributed by atoms with Crippen molar-refractivity contribution in [2.45, 2.75) is 53.8 Å². The van der Waals surface area contributed by atoms with Crippen LogP contribution in [0, 0.1) is 0 Å². The molecule has 0 aromatic rings. The van der Waals surface area contributed by atoms with E-state index in [4.69, 9.17) is 27.9 Å². The molecule has 0 rings (SSSR count). The zero-order valence-corrected chi connectivity index (χ0v) is 12.6. The van der Waals surface area contributed by atoms with Gasteiger partial charge >= 0.3 is 5.97 Å². The molecule has 0 fully saturated rings. The molecule has 16 heavy (non-hydrogen) atoms. The maximum absolute atomic E-state index is 9.82. The lowest BCUT2D eigenvalue weighted by atomic mass is 10.4. The number of rotatable bonds is 3. The summed E-state index contributed by atoms with van der Waals surface area (Å²) in [6.45, 7) is 11.8. The van der Waals surface area contributed by atoms with E-state index in [1.165, 1.54) is 6.92 Å². The lowest BCUT2D eigenvalue weighted by molar-refractivity contribution is -0.140. The van der Waals surface area contributed by atoms with Gasteiger partial charge in [0.05, 0.1) is 24.2 Å². The van der Waals surface area contributed by atoms with E-state index >= 15 is 0 Å². The van der Waals surface area contributed by atoms with Crippen LogP contribution in [0.1, 0.15) is 41.5 Å². The van der Waals surface area contributed by atoms with Crippen molar-refractivity contribution < 1.29 is 14.3 Å². The van der Waals surface area contributed by atoms with Crippen LogP contribution in [0.25, 0.3) is 0 Å². The summed E-state index contributed by atoms with van der Waals surface area (Å²) < 4.78 is 9.65. The van der Waals surface area contributed by atoms with Crippen molar-refractivity contribution in [3.8, 4) is 0 Å². The number of esters is 1. The molecule has 0 saturated carbocycles. The van der Waals surface area contributed by atoms with Gasteiger partial charge in [-0.2, -0.15) is 0 Å². The van der Waals surface area contributed by atoms with Crippen molar-refractivity contribution >= 4 is 29.2 Å². The minimum atomic E-state index is -0.211. The quantitative estimate of drug-likeness (QED) is 0.580. The molecule has 0 aliphatic rings. The van der Waals surface area contributed by atoms with Gasteiger partial charge in [0.2, 0.25) is 0 Å². The Balaban J connectivity index is -0.000000172. The minimum Gasteiger partial charge on any atom is -0.466 e. The highest BCUT2D eigenvalue weighted by Crippen LogP contribution is 1.93. The first-order valence-corrected chi connectivity index (χ1v) is 6.29. The fourth-order valence-electron chi connectivity index (χ4n) is 0.748. The molecule has 0 radical (unpaired) electrons. The van der Waals surface area contributed by atoms with Gasteiger partial charge in [0.15, 0.2) is 0 Å². The third kappa shape index (κ3) is 48.3. The summed E-state index contributed by atoms with van der Waals surface area (Å²) in [5, 5.41) is 0.194. The summed E-state index contributed by atoms with van der Waals surface area (Å²) >= 11 is 9.53. The zero-order chi connectivity index (χ0) is 13.6.